The highest BCUT2D eigenvalue weighted by atomic mass is 32.2. The minimum Gasteiger partial charge on any atom is -0.483 e. The third kappa shape index (κ3) is 5.64. The zero-order valence-electron chi connectivity index (χ0n) is 20.1. The van der Waals surface area contributed by atoms with Gasteiger partial charge in [0.05, 0.1) is 11.1 Å². The van der Waals surface area contributed by atoms with E-state index in [1.165, 1.54) is 0 Å². The second-order valence-corrected chi connectivity index (χ2v) is 9.59. The number of nitrogens with zero attached hydrogens (tertiary/aromatic N) is 2. The molecule has 40 heavy (non-hydrogen) atoms. The molecule has 214 valence electrons. The number of hydrogen-bond acceptors (Lipinski definition) is 8. The first-order chi connectivity index (χ1) is 18.6. The third-order valence-corrected chi connectivity index (χ3v) is 7.11. The summed E-state index contributed by atoms with van der Waals surface area (Å²) in [6.07, 6.45) is -10.2. The van der Waals surface area contributed by atoms with Crippen molar-refractivity contribution in [3.63, 3.8) is 0 Å². The Morgan fingerprint density at radius 3 is 2.48 bits per heavy atom. The molecule has 1 saturated heterocycles. The number of hydrogen-bond donors (Lipinski definition) is 2. The quantitative estimate of drug-likeness (QED) is 0.282. The topological polar surface area (TPSA) is 135 Å². The highest BCUT2D eigenvalue weighted by molar-refractivity contribution is 8.00. The van der Waals surface area contributed by atoms with Gasteiger partial charge in [0.1, 0.15) is 35.2 Å². The fourth-order valence-corrected chi connectivity index (χ4v) is 5.38. The van der Waals surface area contributed by atoms with Gasteiger partial charge in [-0.25, -0.2) is 9.78 Å². The van der Waals surface area contributed by atoms with Gasteiger partial charge in [-0.05, 0) is 12.1 Å². The Kier molecular flexibility index (Phi) is 7.62. The number of carboxylic acids is 1. The monoisotopic (exact) mass is 593 g/mol. The maximum Gasteiger partial charge on any atom is 0.433 e. The van der Waals surface area contributed by atoms with Crippen LogP contribution in [0, 0.1) is 0 Å². The van der Waals surface area contributed by atoms with E-state index in [9.17, 15) is 50.6 Å². The Hall–Kier alpha value is -4.02. The lowest BCUT2D eigenvalue weighted by atomic mass is 10.0. The molecule has 2 N–H and O–H groups in total. The van der Waals surface area contributed by atoms with Crippen LogP contribution in [0.5, 0.6) is 5.75 Å². The number of thioether (sulfide) groups is 1. The van der Waals surface area contributed by atoms with Gasteiger partial charge < -0.3 is 19.9 Å². The first kappa shape index (κ1) is 29.0. The Morgan fingerprint density at radius 1 is 1.18 bits per heavy atom. The fourth-order valence-electron chi connectivity index (χ4n) is 4.05. The second kappa shape index (κ2) is 10.5. The summed E-state index contributed by atoms with van der Waals surface area (Å²) in [6, 6.07) is 1.68. The minimum absolute atomic E-state index is 0.0526. The molecule has 1 aromatic carbocycles. The lowest BCUT2D eigenvalue weighted by molar-refractivity contribution is -0.151. The second-order valence-electron chi connectivity index (χ2n) is 8.48. The molecule has 2 aromatic rings. The zero-order chi connectivity index (χ0) is 29.6. The van der Waals surface area contributed by atoms with Crippen molar-refractivity contribution in [3.05, 3.63) is 46.8 Å². The smallest absolute Gasteiger partial charge is 0.433 e. The number of carbonyl (C=O) groups excluding carboxylic acids is 3. The van der Waals surface area contributed by atoms with Gasteiger partial charge in [-0.3, -0.25) is 19.3 Å². The normalized spacial score (nSPS) is 19.2. The van der Waals surface area contributed by atoms with Gasteiger partial charge in [-0.15, -0.1) is 11.8 Å². The Balaban J connectivity index is 1.51. The molecule has 0 saturated carbocycles. The molecule has 3 heterocycles. The van der Waals surface area contributed by atoms with Crippen LogP contribution in [0.2, 0.25) is 0 Å². The summed E-state index contributed by atoms with van der Waals surface area (Å²) in [7, 11) is 0. The van der Waals surface area contributed by atoms with Crippen molar-refractivity contribution in [2.24, 2.45) is 0 Å². The lowest BCUT2D eigenvalue weighted by Crippen LogP contribution is -2.71. The number of aromatic nitrogens is 1. The number of ether oxygens (including phenoxy) is 2. The molecule has 1 fully saturated rings. The van der Waals surface area contributed by atoms with Gasteiger partial charge in [-0.1, -0.05) is 6.07 Å². The van der Waals surface area contributed by atoms with Crippen LogP contribution in [0.15, 0.2) is 35.5 Å². The van der Waals surface area contributed by atoms with E-state index in [4.69, 9.17) is 9.47 Å². The maximum atomic E-state index is 13.4. The van der Waals surface area contributed by atoms with Gasteiger partial charge in [0.2, 0.25) is 0 Å². The Morgan fingerprint density at radius 2 is 1.88 bits per heavy atom. The summed E-state index contributed by atoms with van der Waals surface area (Å²) in [6.45, 7) is -0.218. The van der Waals surface area contributed by atoms with E-state index in [0.29, 0.717) is 12.1 Å². The minimum atomic E-state index is -5.13. The largest absolute Gasteiger partial charge is 0.483 e. The van der Waals surface area contributed by atoms with E-state index in [1.54, 1.807) is 0 Å². The van der Waals surface area contributed by atoms with Crippen molar-refractivity contribution in [2.75, 3.05) is 19.0 Å². The Bertz CT molecular complexity index is 1440. The van der Waals surface area contributed by atoms with Crippen LogP contribution in [0.25, 0.3) is 10.9 Å². The molecule has 0 spiro atoms. The van der Waals surface area contributed by atoms with Crippen LogP contribution in [-0.2, 0) is 36.3 Å². The number of carbonyl (C=O) groups is 4. The van der Waals surface area contributed by atoms with Crippen LogP contribution >= 0.6 is 11.8 Å². The predicted octanol–water partition coefficient (Wildman–Crippen LogP) is 2.95. The van der Waals surface area contributed by atoms with Crippen molar-refractivity contribution in [1.82, 2.24) is 15.2 Å². The number of fused-ring (bicyclic) bond motifs is 2. The SMILES string of the molecule is CC(=O)OCC1=C(C(=O)O)N2C(=O)[C@@H](NC(=O)COc3cc(C(F)(F)F)nc4c(C(F)(F)F)cccc34)[C@H]2SC1. The van der Waals surface area contributed by atoms with Crippen LogP contribution in [0.3, 0.4) is 0 Å². The number of benzene rings is 1. The third-order valence-electron chi connectivity index (χ3n) is 5.77. The first-order valence-corrected chi connectivity index (χ1v) is 12.2. The predicted molar refractivity (Wildman–Crippen MR) is 124 cm³/mol. The van der Waals surface area contributed by atoms with E-state index < -0.39 is 87.7 Å². The Labute approximate surface area is 224 Å². The number of β-lactam (4-membered cyclic amide) rings is 1. The molecule has 2 atom stereocenters. The van der Waals surface area contributed by atoms with Gasteiger partial charge in [0.15, 0.2) is 6.61 Å². The summed E-state index contributed by atoms with van der Waals surface area (Å²) in [5.74, 6) is -4.58. The fraction of sp³-hybridized carbons (Fsp3) is 0.348. The van der Waals surface area contributed by atoms with E-state index >= 15 is 0 Å². The number of carboxylic acid groups (broad SMARTS) is 1. The highest BCUT2D eigenvalue weighted by Gasteiger charge is 2.54. The highest BCUT2D eigenvalue weighted by Crippen LogP contribution is 2.41. The van der Waals surface area contributed by atoms with E-state index in [-0.39, 0.29) is 17.9 Å². The molecule has 1 aromatic heterocycles. The molecular formula is C23H17F6N3O7S. The zero-order valence-corrected chi connectivity index (χ0v) is 20.9. The van der Waals surface area contributed by atoms with Crippen LogP contribution < -0.4 is 10.1 Å². The first-order valence-electron chi connectivity index (χ1n) is 11.1. The number of esters is 1. The van der Waals surface area contributed by atoms with Crippen LogP contribution in [-0.4, -0.2) is 69.1 Å². The molecule has 2 aliphatic rings. The van der Waals surface area contributed by atoms with Crippen molar-refractivity contribution in [2.45, 2.75) is 30.7 Å². The summed E-state index contributed by atoms with van der Waals surface area (Å²) >= 11 is 1.07. The standard InChI is InChI=1S/C23H17F6N3O7S/c1-9(33)38-6-10-8-40-20-17(19(35)32(20)18(10)21(36)37)31-15(34)7-39-13-5-14(23(27,28)29)30-16-11(13)3-2-4-12(16)22(24,25)26/h2-5,17,20H,6-8H2,1H3,(H,31,34)(H,36,37)/t17-,20-/m1/s1. The number of para-hydroxylation sites is 1. The van der Waals surface area contributed by atoms with E-state index in [2.05, 4.69) is 10.3 Å². The number of aliphatic carboxylic acids is 1. The van der Waals surface area contributed by atoms with Crippen molar-refractivity contribution < 1.29 is 60.1 Å². The summed E-state index contributed by atoms with van der Waals surface area (Å²) in [5, 5.41) is 10.6. The van der Waals surface area contributed by atoms with Crippen molar-refractivity contribution >= 4 is 46.4 Å². The number of amides is 2. The summed E-state index contributed by atoms with van der Waals surface area (Å²) < 4.78 is 90.3. The molecule has 2 amide bonds. The lowest BCUT2D eigenvalue weighted by Gasteiger charge is -2.49. The van der Waals surface area contributed by atoms with Gasteiger partial charge >= 0.3 is 24.3 Å². The van der Waals surface area contributed by atoms with E-state index in [1.807, 2.05) is 0 Å². The molecule has 0 bridgehead atoms. The summed E-state index contributed by atoms with van der Waals surface area (Å²) in [5.41, 5.74) is -4.38. The van der Waals surface area contributed by atoms with Crippen LogP contribution in [0.4, 0.5) is 26.3 Å². The van der Waals surface area contributed by atoms with Crippen molar-refractivity contribution in [3.8, 4) is 5.75 Å². The maximum absolute atomic E-state index is 13.4. The van der Waals surface area contributed by atoms with Crippen molar-refractivity contribution in [1.29, 1.82) is 0 Å². The molecule has 0 radical (unpaired) electrons. The molecule has 4 rings (SSSR count). The van der Waals surface area contributed by atoms with Gasteiger partial charge in [-0.2, -0.15) is 26.3 Å². The summed E-state index contributed by atoms with van der Waals surface area (Å²) in [4.78, 5) is 52.1. The number of halogens is 6. The average molecular weight is 593 g/mol. The molecule has 10 nitrogen and oxygen atoms in total. The average Bonchev–Trinajstić information content (AvgIpc) is 2.86. The van der Waals surface area contributed by atoms with Gasteiger partial charge in [0.25, 0.3) is 11.8 Å². The number of alkyl halides is 6. The number of rotatable bonds is 7. The molecule has 0 unspecified atom stereocenters. The molecule has 17 heteroatoms. The number of nitrogens with one attached hydrogen (secondary N) is 1. The van der Waals surface area contributed by atoms with Crippen LogP contribution in [0.1, 0.15) is 18.2 Å². The van der Waals surface area contributed by atoms with E-state index in [0.717, 1.165) is 35.7 Å². The molecule has 2 aliphatic heterocycles. The molecule has 0 aliphatic carbocycles. The van der Waals surface area contributed by atoms with Gasteiger partial charge in [0, 0.05) is 29.7 Å². The number of pyridine rings is 1. The molecular weight excluding hydrogens is 576 g/mol.